The average Bonchev–Trinajstić information content (AvgIpc) is 2.75. The van der Waals surface area contributed by atoms with Crippen LogP contribution in [0.5, 0.6) is 0 Å². The van der Waals surface area contributed by atoms with Gasteiger partial charge in [-0.15, -0.1) is 0 Å². The van der Waals surface area contributed by atoms with Crippen molar-refractivity contribution in [3.63, 3.8) is 0 Å². The second-order valence-electron chi connectivity index (χ2n) is 8.03. The van der Waals surface area contributed by atoms with E-state index in [0.717, 1.165) is 12.8 Å². The van der Waals surface area contributed by atoms with Crippen LogP contribution in [0.1, 0.15) is 44.1 Å². The van der Waals surface area contributed by atoms with Gasteiger partial charge in [0.1, 0.15) is 0 Å². The molecule has 5 heteroatoms. The van der Waals surface area contributed by atoms with Crippen molar-refractivity contribution in [3.8, 4) is 0 Å². The third-order valence-electron chi connectivity index (χ3n) is 5.90. The number of rotatable bonds is 6. The standard InChI is InChI=1S/C24H26N2O3/c27-23(26-21-11-12-22-20(15-21)16-25-29-24(22)28)19(13-17-7-3-1-4-8-17)14-18-9-5-2-6-10-18/h1,3-4,7-8,11-12,15-16,18-19H,2,5-6,9-10,13-14H2,(H,26,27). The van der Waals surface area contributed by atoms with Crippen LogP contribution in [0.15, 0.2) is 64.0 Å². The van der Waals surface area contributed by atoms with Gasteiger partial charge in [-0.2, -0.15) is 0 Å². The predicted octanol–water partition coefficient (Wildman–Crippen LogP) is 4.96. The van der Waals surface area contributed by atoms with Gasteiger partial charge in [0.2, 0.25) is 5.91 Å². The molecule has 1 aliphatic rings. The van der Waals surface area contributed by atoms with Crippen molar-refractivity contribution in [3.05, 3.63) is 70.7 Å². The smallest absolute Gasteiger partial charge is 0.326 e. The summed E-state index contributed by atoms with van der Waals surface area (Å²) in [5.41, 5.74) is 1.39. The Balaban J connectivity index is 1.52. The number of aromatic nitrogens is 1. The van der Waals surface area contributed by atoms with E-state index >= 15 is 0 Å². The average molecular weight is 390 g/mol. The van der Waals surface area contributed by atoms with Crippen LogP contribution in [0.4, 0.5) is 5.69 Å². The number of nitrogens with one attached hydrogen (secondary N) is 1. The highest BCUT2D eigenvalue weighted by Gasteiger charge is 2.25. The van der Waals surface area contributed by atoms with Crippen LogP contribution in [0.25, 0.3) is 10.8 Å². The summed E-state index contributed by atoms with van der Waals surface area (Å²) in [7, 11) is 0. The molecule has 0 aliphatic heterocycles. The lowest BCUT2D eigenvalue weighted by Crippen LogP contribution is -2.27. The Hall–Kier alpha value is -2.95. The first-order valence-electron chi connectivity index (χ1n) is 10.4. The predicted molar refractivity (Wildman–Crippen MR) is 114 cm³/mol. The molecule has 1 saturated carbocycles. The molecule has 0 radical (unpaired) electrons. The molecule has 0 bridgehead atoms. The van der Waals surface area contributed by atoms with Crippen molar-refractivity contribution in [2.24, 2.45) is 11.8 Å². The maximum absolute atomic E-state index is 13.2. The van der Waals surface area contributed by atoms with E-state index in [9.17, 15) is 9.59 Å². The molecule has 3 aromatic rings. The molecule has 1 N–H and O–H groups in total. The highest BCUT2D eigenvalue weighted by Crippen LogP contribution is 2.31. The molecule has 0 saturated heterocycles. The molecule has 1 unspecified atom stereocenters. The molecule has 1 aliphatic carbocycles. The van der Waals surface area contributed by atoms with Crippen molar-refractivity contribution in [1.29, 1.82) is 0 Å². The van der Waals surface area contributed by atoms with Gasteiger partial charge in [0.25, 0.3) is 0 Å². The molecular formula is C24H26N2O3. The SMILES string of the molecule is O=C(Nc1ccc2c(=O)oncc2c1)C(Cc1ccccc1)CC1CCCCC1. The van der Waals surface area contributed by atoms with Crippen LogP contribution in [0.3, 0.4) is 0 Å². The van der Waals surface area contributed by atoms with Gasteiger partial charge in [-0.1, -0.05) is 67.6 Å². The Morgan fingerprint density at radius 3 is 2.69 bits per heavy atom. The largest absolute Gasteiger partial charge is 0.366 e. The van der Waals surface area contributed by atoms with Crippen molar-refractivity contribution >= 4 is 22.4 Å². The minimum atomic E-state index is -0.473. The Morgan fingerprint density at radius 1 is 1.10 bits per heavy atom. The normalized spacial score (nSPS) is 15.9. The first-order chi connectivity index (χ1) is 14.2. The molecule has 0 spiro atoms. The molecular weight excluding hydrogens is 364 g/mol. The minimum Gasteiger partial charge on any atom is -0.326 e. The Morgan fingerprint density at radius 2 is 1.90 bits per heavy atom. The number of hydrogen-bond acceptors (Lipinski definition) is 4. The monoisotopic (exact) mass is 390 g/mol. The van der Waals surface area contributed by atoms with E-state index < -0.39 is 5.63 Å². The summed E-state index contributed by atoms with van der Waals surface area (Å²) in [5.74, 6) is 0.582. The van der Waals surface area contributed by atoms with E-state index in [2.05, 4.69) is 27.1 Å². The van der Waals surface area contributed by atoms with Crippen LogP contribution >= 0.6 is 0 Å². The zero-order valence-corrected chi connectivity index (χ0v) is 16.5. The van der Waals surface area contributed by atoms with Crippen LogP contribution in [0, 0.1) is 11.8 Å². The van der Waals surface area contributed by atoms with Crippen LogP contribution in [-0.2, 0) is 11.2 Å². The summed E-state index contributed by atoms with van der Waals surface area (Å²) in [6.45, 7) is 0. The number of hydrogen-bond donors (Lipinski definition) is 1. The summed E-state index contributed by atoms with van der Waals surface area (Å²) >= 11 is 0. The second-order valence-corrected chi connectivity index (χ2v) is 8.03. The zero-order chi connectivity index (χ0) is 20.1. The molecule has 1 fully saturated rings. The fourth-order valence-electron chi connectivity index (χ4n) is 4.36. The molecule has 29 heavy (non-hydrogen) atoms. The molecule has 1 amide bonds. The molecule has 5 nitrogen and oxygen atoms in total. The molecule has 1 heterocycles. The van der Waals surface area contributed by atoms with E-state index in [1.165, 1.54) is 43.9 Å². The lowest BCUT2D eigenvalue weighted by molar-refractivity contribution is -0.120. The van der Waals surface area contributed by atoms with Gasteiger partial charge in [-0.05, 0) is 42.5 Å². The van der Waals surface area contributed by atoms with Crippen molar-refractivity contribution in [2.45, 2.75) is 44.9 Å². The van der Waals surface area contributed by atoms with Gasteiger partial charge in [-0.25, -0.2) is 4.79 Å². The van der Waals surface area contributed by atoms with Gasteiger partial charge in [-0.3, -0.25) is 4.79 Å². The Kier molecular flexibility index (Phi) is 6.03. The van der Waals surface area contributed by atoms with Crippen LogP contribution < -0.4 is 10.9 Å². The first-order valence-corrected chi connectivity index (χ1v) is 10.4. The van der Waals surface area contributed by atoms with E-state index in [4.69, 9.17) is 0 Å². The number of fused-ring (bicyclic) bond motifs is 1. The minimum absolute atomic E-state index is 0.0368. The Bertz CT molecular complexity index is 1020. The van der Waals surface area contributed by atoms with Crippen molar-refractivity contribution < 1.29 is 9.32 Å². The summed E-state index contributed by atoms with van der Waals surface area (Å²) in [5, 5.41) is 7.78. The lowest BCUT2D eigenvalue weighted by atomic mass is 9.80. The quantitative estimate of drug-likeness (QED) is 0.646. The fraction of sp³-hybridized carbons (Fsp3) is 0.375. The molecule has 1 aromatic heterocycles. The molecule has 1 atom stereocenters. The van der Waals surface area contributed by atoms with Gasteiger partial charge in [0, 0.05) is 17.0 Å². The maximum atomic E-state index is 13.2. The van der Waals surface area contributed by atoms with E-state index in [0.29, 0.717) is 22.4 Å². The number of anilines is 1. The summed E-state index contributed by atoms with van der Waals surface area (Å²) in [6.07, 6.45) is 9.43. The van der Waals surface area contributed by atoms with Crippen LogP contribution in [0.2, 0.25) is 0 Å². The lowest BCUT2D eigenvalue weighted by Gasteiger charge is -2.26. The van der Waals surface area contributed by atoms with Gasteiger partial charge in [0.05, 0.1) is 11.6 Å². The van der Waals surface area contributed by atoms with E-state index in [1.54, 1.807) is 18.2 Å². The van der Waals surface area contributed by atoms with Crippen LogP contribution in [-0.4, -0.2) is 11.1 Å². The Labute approximate surface area is 170 Å². The molecule has 150 valence electrons. The number of carbonyl (C=O) groups excluding carboxylic acids is 1. The summed E-state index contributed by atoms with van der Waals surface area (Å²) in [6, 6.07) is 15.4. The molecule has 2 aromatic carbocycles. The van der Waals surface area contributed by atoms with Gasteiger partial charge >= 0.3 is 5.63 Å². The topological polar surface area (TPSA) is 72.2 Å². The third kappa shape index (κ3) is 4.91. The summed E-state index contributed by atoms with van der Waals surface area (Å²) < 4.78 is 4.66. The number of nitrogens with zero attached hydrogens (tertiary/aromatic N) is 1. The zero-order valence-electron chi connectivity index (χ0n) is 16.5. The summed E-state index contributed by atoms with van der Waals surface area (Å²) in [4.78, 5) is 24.9. The van der Waals surface area contributed by atoms with Gasteiger partial charge < -0.3 is 9.84 Å². The first kappa shape index (κ1) is 19.4. The highest BCUT2D eigenvalue weighted by molar-refractivity contribution is 5.95. The van der Waals surface area contributed by atoms with Crippen molar-refractivity contribution in [2.75, 3.05) is 5.32 Å². The van der Waals surface area contributed by atoms with E-state index in [1.807, 2.05) is 18.2 Å². The highest BCUT2D eigenvalue weighted by atomic mass is 16.5. The maximum Gasteiger partial charge on any atom is 0.366 e. The fourth-order valence-corrected chi connectivity index (χ4v) is 4.36. The third-order valence-corrected chi connectivity index (χ3v) is 5.90. The van der Waals surface area contributed by atoms with E-state index in [-0.39, 0.29) is 11.8 Å². The number of amides is 1. The van der Waals surface area contributed by atoms with Gasteiger partial charge in [0.15, 0.2) is 0 Å². The second kappa shape index (κ2) is 9.03. The molecule has 4 rings (SSSR count). The number of benzene rings is 2. The van der Waals surface area contributed by atoms with Crippen molar-refractivity contribution in [1.82, 2.24) is 5.16 Å². The number of carbonyl (C=O) groups is 1.